The van der Waals surface area contributed by atoms with E-state index < -0.39 is 0 Å². The lowest BCUT2D eigenvalue weighted by Gasteiger charge is -2.07. The van der Waals surface area contributed by atoms with Crippen LogP contribution in [0, 0.1) is 0 Å². The molecule has 1 unspecified atom stereocenters. The molecular formula is C13H21ClN2O2. The summed E-state index contributed by atoms with van der Waals surface area (Å²) in [5.74, 6) is 0.0108. The van der Waals surface area contributed by atoms with Gasteiger partial charge in [-0.2, -0.15) is 0 Å². The average Bonchev–Trinajstić information content (AvgIpc) is 2.34. The summed E-state index contributed by atoms with van der Waals surface area (Å²) in [5, 5.41) is 11.8. The molecule has 0 fully saturated rings. The molecule has 0 saturated carbocycles. The van der Waals surface area contributed by atoms with E-state index in [0.717, 1.165) is 11.1 Å². The summed E-state index contributed by atoms with van der Waals surface area (Å²) in [4.78, 5) is 11.5. The minimum Gasteiger partial charge on any atom is -0.392 e. The van der Waals surface area contributed by atoms with Gasteiger partial charge in [0.15, 0.2) is 0 Å². The van der Waals surface area contributed by atoms with Crippen molar-refractivity contribution in [2.45, 2.75) is 39.0 Å². The van der Waals surface area contributed by atoms with Gasteiger partial charge in [0.05, 0.1) is 6.61 Å². The van der Waals surface area contributed by atoms with Gasteiger partial charge in [-0.25, -0.2) is 0 Å². The average molecular weight is 273 g/mol. The SMILES string of the molecule is CC(N)CCC(=O)NCc1cccc(CO)c1.Cl. The first kappa shape index (κ1) is 16.9. The Balaban J connectivity index is 0.00000289. The van der Waals surface area contributed by atoms with E-state index in [1.807, 2.05) is 31.2 Å². The molecule has 1 atom stereocenters. The molecule has 5 heteroatoms. The van der Waals surface area contributed by atoms with Crippen molar-refractivity contribution in [3.05, 3.63) is 35.4 Å². The number of rotatable bonds is 6. The number of aliphatic hydroxyl groups excluding tert-OH is 1. The predicted octanol–water partition coefficient (Wildman–Crippen LogP) is 1.34. The zero-order valence-corrected chi connectivity index (χ0v) is 11.4. The molecule has 0 spiro atoms. The molecule has 1 aromatic carbocycles. The van der Waals surface area contributed by atoms with Crippen molar-refractivity contribution < 1.29 is 9.90 Å². The van der Waals surface area contributed by atoms with Gasteiger partial charge in [0.2, 0.25) is 5.91 Å². The predicted molar refractivity (Wildman–Crippen MR) is 74.3 cm³/mol. The van der Waals surface area contributed by atoms with Crippen molar-refractivity contribution in [3.8, 4) is 0 Å². The molecule has 18 heavy (non-hydrogen) atoms. The van der Waals surface area contributed by atoms with Crippen LogP contribution in [0.2, 0.25) is 0 Å². The number of nitrogens with one attached hydrogen (secondary N) is 1. The van der Waals surface area contributed by atoms with Crippen molar-refractivity contribution in [1.29, 1.82) is 0 Å². The van der Waals surface area contributed by atoms with Crippen LogP contribution in [0.3, 0.4) is 0 Å². The zero-order valence-electron chi connectivity index (χ0n) is 10.6. The van der Waals surface area contributed by atoms with Crippen LogP contribution in [0.25, 0.3) is 0 Å². The summed E-state index contributed by atoms with van der Waals surface area (Å²) in [7, 11) is 0. The Morgan fingerprint density at radius 3 is 2.72 bits per heavy atom. The first-order chi connectivity index (χ1) is 8.11. The molecule has 0 aromatic heterocycles. The highest BCUT2D eigenvalue weighted by atomic mass is 35.5. The first-order valence-corrected chi connectivity index (χ1v) is 5.82. The Kier molecular flexibility index (Phi) is 8.37. The Hall–Kier alpha value is -1.10. The van der Waals surface area contributed by atoms with Crippen molar-refractivity contribution in [2.24, 2.45) is 5.73 Å². The number of carbonyl (C=O) groups is 1. The lowest BCUT2D eigenvalue weighted by Crippen LogP contribution is -2.25. The highest BCUT2D eigenvalue weighted by Crippen LogP contribution is 2.05. The van der Waals surface area contributed by atoms with Crippen LogP contribution < -0.4 is 11.1 Å². The Labute approximate surface area is 114 Å². The van der Waals surface area contributed by atoms with Crippen LogP contribution in [0.5, 0.6) is 0 Å². The maximum absolute atomic E-state index is 11.5. The van der Waals surface area contributed by atoms with E-state index in [2.05, 4.69) is 5.32 Å². The molecule has 0 radical (unpaired) electrons. The topological polar surface area (TPSA) is 75.4 Å². The summed E-state index contributed by atoms with van der Waals surface area (Å²) in [6.45, 7) is 2.40. The summed E-state index contributed by atoms with van der Waals surface area (Å²) in [5.41, 5.74) is 7.42. The zero-order chi connectivity index (χ0) is 12.7. The lowest BCUT2D eigenvalue weighted by atomic mass is 10.1. The largest absolute Gasteiger partial charge is 0.392 e. The smallest absolute Gasteiger partial charge is 0.220 e. The highest BCUT2D eigenvalue weighted by molar-refractivity contribution is 5.85. The van der Waals surface area contributed by atoms with E-state index in [0.29, 0.717) is 19.4 Å². The number of benzene rings is 1. The number of carbonyl (C=O) groups excluding carboxylic acids is 1. The third-order valence-corrected chi connectivity index (χ3v) is 2.49. The molecule has 0 heterocycles. The Morgan fingerprint density at radius 1 is 1.44 bits per heavy atom. The minimum absolute atomic E-state index is 0. The fraction of sp³-hybridized carbons (Fsp3) is 0.462. The maximum Gasteiger partial charge on any atom is 0.220 e. The quantitative estimate of drug-likeness (QED) is 0.732. The number of halogens is 1. The third kappa shape index (κ3) is 6.59. The van der Waals surface area contributed by atoms with Gasteiger partial charge < -0.3 is 16.2 Å². The number of amides is 1. The highest BCUT2D eigenvalue weighted by Gasteiger charge is 2.03. The van der Waals surface area contributed by atoms with E-state index >= 15 is 0 Å². The van der Waals surface area contributed by atoms with E-state index in [4.69, 9.17) is 10.8 Å². The maximum atomic E-state index is 11.5. The molecule has 0 aliphatic rings. The molecule has 0 aliphatic carbocycles. The van der Waals surface area contributed by atoms with Gasteiger partial charge in [-0.05, 0) is 24.5 Å². The first-order valence-electron chi connectivity index (χ1n) is 5.82. The molecule has 1 rings (SSSR count). The summed E-state index contributed by atoms with van der Waals surface area (Å²) in [6, 6.07) is 7.58. The van der Waals surface area contributed by atoms with Crippen molar-refractivity contribution in [2.75, 3.05) is 0 Å². The van der Waals surface area contributed by atoms with Crippen LogP contribution >= 0.6 is 12.4 Å². The second-order valence-electron chi connectivity index (χ2n) is 4.27. The number of nitrogens with two attached hydrogens (primary N) is 1. The second kappa shape index (κ2) is 8.91. The molecular weight excluding hydrogens is 252 g/mol. The number of aliphatic hydroxyl groups is 1. The van der Waals surface area contributed by atoms with E-state index in [1.54, 1.807) is 0 Å². The monoisotopic (exact) mass is 272 g/mol. The summed E-state index contributed by atoms with van der Waals surface area (Å²) >= 11 is 0. The van der Waals surface area contributed by atoms with E-state index in [9.17, 15) is 4.79 Å². The summed E-state index contributed by atoms with van der Waals surface area (Å²) < 4.78 is 0. The Morgan fingerprint density at radius 2 is 2.11 bits per heavy atom. The van der Waals surface area contributed by atoms with Gasteiger partial charge in [-0.1, -0.05) is 24.3 Å². The normalized spacial score (nSPS) is 11.5. The fourth-order valence-corrected chi connectivity index (χ4v) is 1.49. The molecule has 4 nitrogen and oxygen atoms in total. The summed E-state index contributed by atoms with van der Waals surface area (Å²) in [6.07, 6.45) is 1.15. The van der Waals surface area contributed by atoms with Gasteiger partial charge in [0.25, 0.3) is 0 Å². The van der Waals surface area contributed by atoms with Crippen molar-refractivity contribution >= 4 is 18.3 Å². The molecule has 0 bridgehead atoms. The van der Waals surface area contributed by atoms with E-state index in [-0.39, 0.29) is 31.0 Å². The van der Waals surface area contributed by atoms with Crippen LogP contribution in [0.15, 0.2) is 24.3 Å². The molecule has 4 N–H and O–H groups in total. The molecule has 1 amide bonds. The molecule has 0 saturated heterocycles. The standard InChI is InChI=1S/C13H20N2O2.ClH/c1-10(14)5-6-13(17)15-8-11-3-2-4-12(7-11)9-16;/h2-4,7,10,16H,5-6,8-9,14H2,1H3,(H,15,17);1H. The van der Waals surface area contributed by atoms with Crippen LogP contribution in [0.1, 0.15) is 30.9 Å². The number of hydrogen-bond donors (Lipinski definition) is 3. The Bertz CT molecular complexity index is 370. The van der Waals surface area contributed by atoms with Crippen LogP contribution in [-0.2, 0) is 17.9 Å². The molecule has 102 valence electrons. The fourth-order valence-electron chi connectivity index (χ4n) is 1.49. The van der Waals surface area contributed by atoms with Gasteiger partial charge in [0.1, 0.15) is 0 Å². The van der Waals surface area contributed by atoms with Crippen molar-refractivity contribution in [3.63, 3.8) is 0 Å². The number of hydrogen-bond acceptors (Lipinski definition) is 3. The minimum atomic E-state index is 0. The van der Waals surface area contributed by atoms with Gasteiger partial charge in [0, 0.05) is 19.0 Å². The van der Waals surface area contributed by atoms with Gasteiger partial charge in [-0.15, -0.1) is 12.4 Å². The van der Waals surface area contributed by atoms with E-state index in [1.165, 1.54) is 0 Å². The second-order valence-corrected chi connectivity index (χ2v) is 4.27. The lowest BCUT2D eigenvalue weighted by molar-refractivity contribution is -0.121. The van der Waals surface area contributed by atoms with Crippen LogP contribution in [-0.4, -0.2) is 17.1 Å². The molecule has 0 aliphatic heterocycles. The van der Waals surface area contributed by atoms with Gasteiger partial charge in [-0.3, -0.25) is 4.79 Å². The van der Waals surface area contributed by atoms with Gasteiger partial charge >= 0.3 is 0 Å². The third-order valence-electron chi connectivity index (χ3n) is 2.49. The molecule has 1 aromatic rings. The van der Waals surface area contributed by atoms with Crippen LogP contribution in [0.4, 0.5) is 0 Å². The van der Waals surface area contributed by atoms with Crippen molar-refractivity contribution in [1.82, 2.24) is 5.32 Å².